The largest absolute Gasteiger partial charge is 0.347 e. The molecule has 0 radical (unpaired) electrons. The Morgan fingerprint density at radius 2 is 0.743 bits per heavy atom. The Hall–Kier alpha value is -9.29. The SMILES string of the molecule is C#C[C@]12CCCC=C1[C@@]1(C)CCC3(OCCO3)C(C)(C)[C@@H]1CC2.CC1(C)C(=O)CC[C@]2(C)C3=CC(=O)CC[C@]3(C#Cc3ccccc3)CC[C@@H]12.CC1(C)C(=O)CC[C@]2(C)C3=CCCC[C@]3(C#Cc3ccccc3)CC[C@@H]12.CC1(C)[C@@H]2CC[C@@]3(C#Cc4ccccc4)CCCC=C3[C@@]2(C)CCC12OCCO2.I.Ic1ccccc1.[C-]#[N+]C1=C[C@]2(C)C3=CC(=O)C(C#N)=C[C@]3(C#Cc3ccccc3)CC[C@H]2C(C)(C)C1=O. The van der Waals surface area contributed by atoms with Gasteiger partial charge in [-0.05, 0) is 335 Å². The summed E-state index contributed by atoms with van der Waals surface area (Å²) in [4.78, 5) is 66.8. The van der Waals surface area contributed by atoms with Gasteiger partial charge in [0.2, 0.25) is 5.70 Å². The molecule has 5 aromatic rings. The molecule has 2 aliphatic heterocycles. The highest BCUT2D eigenvalue weighted by Crippen LogP contribution is 2.74. The van der Waals surface area contributed by atoms with Crippen LogP contribution < -0.4 is 0 Å². The fraction of sp³-hybridized carbons (Fsp3) is 0.534. The molecule has 5 aromatic carbocycles. The highest BCUT2D eigenvalue weighted by atomic mass is 127. The topological polar surface area (TPSA) is 150 Å². The van der Waals surface area contributed by atoms with E-state index in [0.29, 0.717) is 55.0 Å². The summed E-state index contributed by atoms with van der Waals surface area (Å²) in [7, 11) is 0. The Morgan fingerprint density at radius 1 is 0.382 bits per heavy atom. The maximum Gasteiger partial charge on any atom is 0.226 e. The highest BCUT2D eigenvalue weighted by molar-refractivity contribution is 14.1. The highest BCUT2D eigenvalue weighted by Gasteiger charge is 2.70. The summed E-state index contributed by atoms with van der Waals surface area (Å²) in [6.07, 6.45) is 50.4. The number of nitrogens with zero attached hydrogens (tertiary/aromatic N) is 2. The minimum Gasteiger partial charge on any atom is -0.347 e. The number of carbonyl (C=O) groups is 5. The molecule has 9 saturated carbocycles. The average Bonchev–Trinajstić information content (AvgIpc) is 1.32. The van der Waals surface area contributed by atoms with E-state index in [0.717, 1.165) is 138 Å². The van der Waals surface area contributed by atoms with Crippen molar-refractivity contribution in [2.75, 3.05) is 26.4 Å². The van der Waals surface area contributed by atoms with Crippen LogP contribution in [0.1, 0.15) is 312 Å². The Balaban J connectivity index is 0.000000127. The van der Waals surface area contributed by atoms with Crippen LogP contribution in [0.25, 0.3) is 4.85 Å². The van der Waals surface area contributed by atoms with E-state index in [1.165, 1.54) is 92.3 Å². The van der Waals surface area contributed by atoms with Crippen LogP contribution in [0.3, 0.4) is 0 Å². The standard InChI is InChI=1S/C27H22N2O2.C27H34O2.C25H28O2.C25H30O.C21H30O2.C6H5I.HI/c1-25(2)22-11-13-27(12-10-18-8-6-5-7-9-18)15-19(17-28)21(30)14-23(27)26(22,3)16-20(29-4)24(25)31;1-24(2)22-13-16-26(15-12-21-9-5-4-6-10-21)14-8-7-11-23(26)25(22,3)17-18-27(24)28-19-20-29-27;1-23(2)20-11-16-25(14-9-18-7-5-4-6-8-18)15-10-19(26)17-21(25)24(20,3)13-12-22(23)27;1-23(2)20-13-18-25(17-12-19-9-5-4-6-10-19)15-8-7-11-21(25)24(20,3)16-14-22(23)26;1-5-20-10-7-6-8-17(20)19(4)12-13-21(22-14-15-23-21)18(2,3)16(19)9-11-20;7-6-4-2-1-3-5-6;/h5-9,14-16,22H,11,13H2,1-3H3;4-6,9-11,22H,7-8,13-14,16-20H2,1-3H3;4-8,17,20H,10-13,15-16H2,1-3H3;4-6,9-11,20H,7-8,13-16,18H2,1-3H3;1,8,16H,6-7,9-15H2,2-4H3;1-5H;1H/t22-,26-,27-;22-,25-,26-;20-,24-,25+;20-,24-,25-;16-,19-,20+;;/m00000../s1. The maximum atomic E-state index is 12.9. The Labute approximate surface area is 891 Å². The maximum absolute atomic E-state index is 12.9. The minimum atomic E-state index is -0.791. The molecule has 11 nitrogen and oxygen atoms in total. The summed E-state index contributed by atoms with van der Waals surface area (Å²) >= 11 is 2.28. The van der Waals surface area contributed by atoms with E-state index in [1.807, 2.05) is 118 Å². The van der Waals surface area contributed by atoms with E-state index < -0.39 is 16.2 Å². The minimum absolute atomic E-state index is 0. The normalized spacial score (nSPS) is 34.4. The van der Waals surface area contributed by atoms with Crippen LogP contribution in [0, 0.1) is 192 Å². The number of terminal acetylenes is 1. The van der Waals surface area contributed by atoms with Crippen molar-refractivity contribution < 1.29 is 42.9 Å². The van der Waals surface area contributed by atoms with E-state index in [2.05, 4.69) is 249 Å². The molecule has 13 heteroatoms. The number of hydrogen-bond donors (Lipinski definition) is 0. The van der Waals surface area contributed by atoms with Crippen LogP contribution in [0.15, 0.2) is 233 Å². The summed E-state index contributed by atoms with van der Waals surface area (Å²) in [6.45, 7) is 44.1. The lowest BCUT2D eigenvalue weighted by Crippen LogP contribution is -2.61. The summed E-state index contributed by atoms with van der Waals surface area (Å²) in [5.74, 6) is 33.1. The molecule has 2 saturated heterocycles. The fourth-order valence-electron chi connectivity index (χ4n) is 32.0. The van der Waals surface area contributed by atoms with E-state index >= 15 is 0 Å². The van der Waals surface area contributed by atoms with Gasteiger partial charge in [-0.3, -0.25) is 19.2 Å². The number of hydrogen-bond acceptors (Lipinski definition) is 10. The molecule has 0 bridgehead atoms. The van der Waals surface area contributed by atoms with Gasteiger partial charge in [0.05, 0.1) is 65.6 Å². The van der Waals surface area contributed by atoms with Gasteiger partial charge in [-0.2, -0.15) is 5.26 Å². The van der Waals surface area contributed by atoms with Crippen molar-refractivity contribution in [3.05, 3.63) is 271 Å². The molecule has 752 valence electrons. The van der Waals surface area contributed by atoms with Gasteiger partial charge in [-0.25, -0.2) is 4.85 Å². The number of ether oxygens (including phenoxy) is 4. The number of nitriles is 1. The van der Waals surface area contributed by atoms with Crippen LogP contribution in [-0.2, 0) is 42.9 Å². The molecule has 0 N–H and O–H groups in total. The van der Waals surface area contributed by atoms with Crippen molar-refractivity contribution in [2.45, 2.75) is 302 Å². The second-order valence-corrected chi connectivity index (χ2v) is 49.8. The monoisotopic (exact) mass is 2150 g/mol. The molecule has 15 atom stereocenters. The van der Waals surface area contributed by atoms with Gasteiger partial charge >= 0.3 is 0 Å². The Bertz CT molecular complexity index is 6420. The molecule has 0 aromatic heterocycles. The van der Waals surface area contributed by atoms with E-state index in [4.69, 9.17) is 31.9 Å². The third kappa shape index (κ3) is 19.0. The lowest BCUT2D eigenvalue weighted by Gasteiger charge is -2.64. The number of halogens is 2. The summed E-state index contributed by atoms with van der Waals surface area (Å²) in [6, 6.07) is 52.8. The first kappa shape index (κ1) is 107. The number of Topliss-reactive ketones (excluding diaryl/α,β-unsaturated/α-hetero) is 3. The number of rotatable bonds is 0. The Morgan fingerprint density at radius 3 is 1.14 bits per heavy atom. The summed E-state index contributed by atoms with van der Waals surface area (Å²) < 4.78 is 26.3. The van der Waals surface area contributed by atoms with Crippen LogP contribution in [-0.4, -0.2) is 66.9 Å². The number of fused-ring (bicyclic) bond motifs is 15. The third-order valence-electron chi connectivity index (χ3n) is 39.5. The van der Waals surface area contributed by atoms with Crippen LogP contribution in [0.4, 0.5) is 0 Å². The molecule has 11 fully saturated rings. The predicted octanol–water partition coefficient (Wildman–Crippen LogP) is 29.6. The lowest BCUT2D eigenvalue weighted by molar-refractivity contribution is -0.284. The second-order valence-electron chi connectivity index (χ2n) is 48.6. The molecule has 17 aliphatic rings. The van der Waals surface area contributed by atoms with Crippen molar-refractivity contribution in [1.82, 2.24) is 0 Å². The number of ketones is 5. The van der Waals surface area contributed by atoms with Crippen molar-refractivity contribution >= 4 is 75.5 Å². The molecule has 15 aliphatic carbocycles. The van der Waals surface area contributed by atoms with Gasteiger partial charge < -0.3 is 23.7 Å². The zero-order valence-corrected chi connectivity index (χ0v) is 92.6. The van der Waals surface area contributed by atoms with Crippen molar-refractivity contribution in [1.29, 1.82) is 5.26 Å². The molecule has 0 unspecified atom stereocenters. The quantitative estimate of drug-likeness (QED) is 0.0634. The van der Waals surface area contributed by atoms with Gasteiger partial charge in [0, 0.05) is 90.4 Å². The van der Waals surface area contributed by atoms with Gasteiger partial charge in [-0.1, -0.05) is 272 Å². The Kier molecular flexibility index (Phi) is 30.8. The fourth-order valence-corrected chi connectivity index (χ4v) is 32.4. The van der Waals surface area contributed by atoms with Crippen LogP contribution in [0.2, 0.25) is 0 Å². The van der Waals surface area contributed by atoms with Crippen LogP contribution >= 0.6 is 46.6 Å². The molecule has 2 spiro atoms. The van der Waals surface area contributed by atoms with Crippen LogP contribution in [0.5, 0.6) is 0 Å². The molecule has 144 heavy (non-hydrogen) atoms. The van der Waals surface area contributed by atoms with Gasteiger partial charge in [0.15, 0.2) is 28.9 Å². The first-order valence-corrected chi connectivity index (χ1v) is 54.7. The third-order valence-corrected chi connectivity index (χ3v) is 40.2. The lowest BCUT2D eigenvalue weighted by atomic mass is 9.43. The predicted molar refractivity (Wildman–Crippen MR) is 593 cm³/mol. The smallest absolute Gasteiger partial charge is 0.226 e. The van der Waals surface area contributed by atoms with Gasteiger partial charge in [-0.15, -0.1) is 30.4 Å². The van der Waals surface area contributed by atoms with E-state index in [9.17, 15) is 29.2 Å². The second kappa shape index (κ2) is 41.3. The first-order chi connectivity index (χ1) is 68.1. The van der Waals surface area contributed by atoms with Crippen molar-refractivity contribution in [3.63, 3.8) is 0 Å². The molecular weight excluding hydrogens is 2000 g/mol. The number of allylic oxidation sites excluding steroid dienone is 14. The van der Waals surface area contributed by atoms with Crippen molar-refractivity contribution in [2.24, 2.45) is 111 Å². The first-order valence-electron chi connectivity index (χ1n) is 53.6. The molecular formula is C131H150I2N2O9. The van der Waals surface area contributed by atoms with Gasteiger partial charge in [0.25, 0.3) is 0 Å². The zero-order valence-electron chi connectivity index (χ0n) is 88.1. The van der Waals surface area contributed by atoms with E-state index in [-0.39, 0.29) is 141 Å². The van der Waals surface area contributed by atoms with E-state index in [1.54, 1.807) is 28.9 Å². The zero-order chi connectivity index (χ0) is 102. The number of carbonyl (C=O) groups excluding carboxylic acids is 5. The molecule has 2 heterocycles. The number of benzene rings is 5. The average molecular weight is 2150 g/mol. The summed E-state index contributed by atoms with van der Waals surface area (Å²) in [5, 5.41) is 9.53. The van der Waals surface area contributed by atoms with Crippen molar-refractivity contribution in [3.8, 4) is 65.8 Å². The molecule has 0 amide bonds. The summed E-state index contributed by atoms with van der Waals surface area (Å²) in [5.41, 5.74) is 8.68. The van der Waals surface area contributed by atoms with Gasteiger partial charge in [0.1, 0.15) is 17.6 Å². The molecule has 22 rings (SSSR count).